The summed E-state index contributed by atoms with van der Waals surface area (Å²) in [6.07, 6.45) is 1.93. The molecule has 1 atom stereocenters. The molecule has 0 aliphatic heterocycles. The molecule has 7 nitrogen and oxygen atoms in total. The van der Waals surface area contributed by atoms with E-state index in [0.717, 1.165) is 41.4 Å². The van der Waals surface area contributed by atoms with Gasteiger partial charge in [-0.25, -0.2) is 17.2 Å². The number of nitrogens with one attached hydrogen (secondary N) is 1. The fourth-order valence-corrected chi connectivity index (χ4v) is 5.48. The zero-order valence-electron chi connectivity index (χ0n) is 22.0. The van der Waals surface area contributed by atoms with Crippen LogP contribution < -0.4 is 9.62 Å². The van der Waals surface area contributed by atoms with Gasteiger partial charge < -0.3 is 10.2 Å². The summed E-state index contributed by atoms with van der Waals surface area (Å²) in [4.78, 5) is 28.1. The number of benzene rings is 3. The number of sulfonamides is 1. The fourth-order valence-electron chi connectivity index (χ4n) is 4.07. The summed E-state index contributed by atoms with van der Waals surface area (Å²) in [7, 11) is -4.28. The van der Waals surface area contributed by atoms with Crippen molar-refractivity contribution in [3.05, 3.63) is 96.1 Å². The quantitative estimate of drug-likeness (QED) is 0.304. The molecule has 0 aliphatic rings. The number of amides is 2. The Bertz CT molecular complexity index is 1340. The first-order valence-corrected chi connectivity index (χ1v) is 14.3. The molecular formula is C29H33F2N3O4S. The molecule has 3 aromatic carbocycles. The molecule has 0 aromatic heterocycles. The molecule has 0 fully saturated rings. The average molecular weight is 558 g/mol. The first kappa shape index (κ1) is 29.8. The minimum Gasteiger partial charge on any atom is -0.354 e. The van der Waals surface area contributed by atoms with Gasteiger partial charge in [0.2, 0.25) is 11.8 Å². The second-order valence-electron chi connectivity index (χ2n) is 9.02. The van der Waals surface area contributed by atoms with Crippen molar-refractivity contribution in [2.45, 2.75) is 50.6 Å². The number of nitrogens with zero attached hydrogens (tertiary/aromatic N) is 2. The summed E-state index contributed by atoms with van der Waals surface area (Å²) in [5.41, 5.74) is 0.814. The summed E-state index contributed by atoms with van der Waals surface area (Å²) in [6.45, 7) is 3.56. The number of carbonyl (C=O) groups is 2. The number of para-hydroxylation sites is 1. The Labute approximate surface area is 228 Å². The van der Waals surface area contributed by atoms with Gasteiger partial charge in [0.15, 0.2) is 0 Å². The molecule has 1 unspecified atom stereocenters. The molecule has 0 saturated carbocycles. The van der Waals surface area contributed by atoms with Crippen molar-refractivity contribution < 1.29 is 26.8 Å². The van der Waals surface area contributed by atoms with Gasteiger partial charge in [0.05, 0.1) is 10.6 Å². The fraction of sp³-hybridized carbons (Fsp3) is 0.310. The van der Waals surface area contributed by atoms with Gasteiger partial charge in [-0.1, -0.05) is 50.6 Å². The second-order valence-corrected chi connectivity index (χ2v) is 10.9. The van der Waals surface area contributed by atoms with E-state index in [1.165, 1.54) is 29.2 Å². The molecular weight excluding hydrogens is 524 g/mol. The molecule has 0 saturated heterocycles. The Balaban J connectivity index is 2.00. The highest BCUT2D eigenvalue weighted by Gasteiger charge is 2.33. The van der Waals surface area contributed by atoms with Gasteiger partial charge in [-0.15, -0.1) is 0 Å². The maximum absolute atomic E-state index is 13.9. The van der Waals surface area contributed by atoms with Gasteiger partial charge in [-0.2, -0.15) is 0 Å². The molecule has 10 heteroatoms. The standard InChI is InChI=1S/C29H33F2N3O4S/c1-3-5-19-32-29(36)27(4-2)33(20-22-11-13-23(30)14-12-22)28(35)21-34(25-9-7-6-8-10-25)39(37,38)26-17-15-24(31)16-18-26/h6-18,27H,3-5,19-21H2,1-2H3,(H,32,36). The van der Waals surface area contributed by atoms with Crippen molar-refractivity contribution in [2.24, 2.45) is 0 Å². The monoisotopic (exact) mass is 557 g/mol. The van der Waals surface area contributed by atoms with Gasteiger partial charge in [-0.3, -0.25) is 13.9 Å². The topological polar surface area (TPSA) is 86.8 Å². The summed E-state index contributed by atoms with van der Waals surface area (Å²) in [5, 5.41) is 2.85. The maximum atomic E-state index is 13.9. The molecule has 39 heavy (non-hydrogen) atoms. The van der Waals surface area contributed by atoms with Crippen LogP contribution in [0.2, 0.25) is 0 Å². The Morgan fingerprint density at radius 1 is 0.872 bits per heavy atom. The van der Waals surface area contributed by atoms with Crippen LogP contribution in [0.15, 0.2) is 83.8 Å². The minimum absolute atomic E-state index is 0.0297. The second kappa shape index (κ2) is 13.8. The lowest BCUT2D eigenvalue weighted by molar-refractivity contribution is -0.140. The van der Waals surface area contributed by atoms with Crippen LogP contribution in [0.3, 0.4) is 0 Å². The van der Waals surface area contributed by atoms with Crippen molar-refractivity contribution in [2.75, 3.05) is 17.4 Å². The lowest BCUT2D eigenvalue weighted by Crippen LogP contribution is -2.52. The van der Waals surface area contributed by atoms with E-state index in [4.69, 9.17) is 0 Å². The first-order valence-electron chi connectivity index (χ1n) is 12.8. The van der Waals surface area contributed by atoms with E-state index in [1.54, 1.807) is 37.3 Å². The molecule has 0 spiro atoms. The highest BCUT2D eigenvalue weighted by atomic mass is 32.2. The summed E-state index contributed by atoms with van der Waals surface area (Å²) in [6, 6.07) is 17.1. The summed E-state index contributed by atoms with van der Waals surface area (Å²) >= 11 is 0. The van der Waals surface area contributed by atoms with Crippen LogP contribution in [0, 0.1) is 11.6 Å². The van der Waals surface area contributed by atoms with Crippen LogP contribution in [0.4, 0.5) is 14.5 Å². The lowest BCUT2D eigenvalue weighted by Gasteiger charge is -2.33. The van der Waals surface area contributed by atoms with Gasteiger partial charge in [0, 0.05) is 13.1 Å². The van der Waals surface area contributed by atoms with Crippen molar-refractivity contribution >= 4 is 27.5 Å². The van der Waals surface area contributed by atoms with Crippen LogP contribution >= 0.6 is 0 Å². The van der Waals surface area contributed by atoms with Crippen LogP contribution in [0.25, 0.3) is 0 Å². The largest absolute Gasteiger partial charge is 0.354 e. The zero-order chi connectivity index (χ0) is 28.4. The third-order valence-electron chi connectivity index (χ3n) is 6.21. The predicted molar refractivity (Wildman–Crippen MR) is 146 cm³/mol. The highest BCUT2D eigenvalue weighted by Crippen LogP contribution is 2.25. The van der Waals surface area contributed by atoms with Crippen LogP contribution in [-0.4, -0.2) is 44.3 Å². The summed E-state index contributed by atoms with van der Waals surface area (Å²) < 4.78 is 55.3. The molecule has 0 heterocycles. The van der Waals surface area contributed by atoms with E-state index in [2.05, 4.69) is 5.32 Å². The Morgan fingerprint density at radius 2 is 1.46 bits per heavy atom. The van der Waals surface area contributed by atoms with Gasteiger partial charge in [0.25, 0.3) is 10.0 Å². The number of hydrogen-bond acceptors (Lipinski definition) is 4. The highest BCUT2D eigenvalue weighted by molar-refractivity contribution is 7.92. The lowest BCUT2D eigenvalue weighted by atomic mass is 10.1. The molecule has 2 amide bonds. The SMILES string of the molecule is CCCCNC(=O)C(CC)N(Cc1ccc(F)cc1)C(=O)CN(c1ccccc1)S(=O)(=O)c1ccc(F)cc1. The molecule has 0 radical (unpaired) electrons. The Morgan fingerprint density at radius 3 is 2.03 bits per heavy atom. The predicted octanol–water partition coefficient (Wildman–Crippen LogP) is 4.88. The first-order chi connectivity index (χ1) is 18.7. The number of anilines is 1. The van der Waals surface area contributed by atoms with Gasteiger partial charge in [0.1, 0.15) is 24.2 Å². The molecule has 3 aromatic rings. The van der Waals surface area contributed by atoms with E-state index in [0.29, 0.717) is 12.1 Å². The molecule has 0 aliphatic carbocycles. The van der Waals surface area contributed by atoms with Crippen LogP contribution in [0.1, 0.15) is 38.7 Å². The number of rotatable bonds is 13. The Kier molecular flexibility index (Phi) is 10.6. The molecule has 1 N–H and O–H groups in total. The van der Waals surface area contributed by atoms with E-state index >= 15 is 0 Å². The van der Waals surface area contributed by atoms with Crippen molar-refractivity contribution in [1.29, 1.82) is 0 Å². The van der Waals surface area contributed by atoms with E-state index in [-0.39, 0.29) is 29.5 Å². The molecule has 0 bridgehead atoms. The third kappa shape index (κ3) is 7.86. The summed E-state index contributed by atoms with van der Waals surface area (Å²) in [5.74, 6) is -2.01. The number of hydrogen-bond donors (Lipinski definition) is 1. The van der Waals surface area contributed by atoms with Crippen LogP contribution in [-0.2, 0) is 26.2 Å². The van der Waals surface area contributed by atoms with Gasteiger partial charge >= 0.3 is 0 Å². The van der Waals surface area contributed by atoms with E-state index in [9.17, 15) is 26.8 Å². The smallest absolute Gasteiger partial charge is 0.264 e. The van der Waals surface area contributed by atoms with Crippen molar-refractivity contribution in [3.8, 4) is 0 Å². The maximum Gasteiger partial charge on any atom is 0.264 e. The molecule has 3 rings (SSSR count). The van der Waals surface area contributed by atoms with Crippen LogP contribution in [0.5, 0.6) is 0 Å². The zero-order valence-corrected chi connectivity index (χ0v) is 22.8. The third-order valence-corrected chi connectivity index (χ3v) is 7.99. The van der Waals surface area contributed by atoms with Crippen molar-refractivity contribution in [1.82, 2.24) is 10.2 Å². The normalized spacial score (nSPS) is 12.0. The number of halogens is 2. The number of carbonyl (C=O) groups excluding carboxylic acids is 2. The molecule has 208 valence electrons. The van der Waals surface area contributed by atoms with E-state index in [1.807, 2.05) is 6.92 Å². The van der Waals surface area contributed by atoms with Crippen molar-refractivity contribution in [3.63, 3.8) is 0 Å². The average Bonchev–Trinajstić information content (AvgIpc) is 2.93. The van der Waals surface area contributed by atoms with Gasteiger partial charge in [-0.05, 0) is 66.9 Å². The number of unbranched alkanes of at least 4 members (excludes halogenated alkanes) is 1. The van der Waals surface area contributed by atoms with E-state index < -0.39 is 40.2 Å². The Hall–Kier alpha value is -3.79. The minimum atomic E-state index is -4.28.